The Hall–Kier alpha value is -2.02. The second-order valence-electron chi connectivity index (χ2n) is 8.86. The Morgan fingerprint density at radius 1 is 0.938 bits per heavy atom. The van der Waals surface area contributed by atoms with Crippen LogP contribution in [0.2, 0.25) is 0 Å². The van der Waals surface area contributed by atoms with Crippen LogP contribution in [0.3, 0.4) is 0 Å². The van der Waals surface area contributed by atoms with E-state index in [1.807, 2.05) is 12.1 Å². The minimum absolute atomic E-state index is 0.494. The second-order valence-corrected chi connectivity index (χ2v) is 9.59. The molecular weight excluding hydrogens is 420 g/mol. The molecule has 1 N–H and O–H groups in total. The average molecular weight is 461 g/mol. The normalized spacial score (nSPS) is 16.6. The molecular formula is C25H40N4O2S. The quantitative estimate of drug-likeness (QED) is 0.497. The monoisotopic (exact) mass is 460 g/mol. The van der Waals surface area contributed by atoms with E-state index in [1.165, 1.54) is 87.7 Å². The molecule has 0 spiro atoms. The maximum Gasteiger partial charge on any atom is 0.236 e. The molecule has 32 heavy (non-hydrogen) atoms. The number of ether oxygens (including phenoxy) is 2. The molecule has 7 heteroatoms. The fourth-order valence-corrected chi connectivity index (χ4v) is 4.97. The zero-order valence-electron chi connectivity index (χ0n) is 20.1. The number of rotatable bonds is 8. The summed E-state index contributed by atoms with van der Waals surface area (Å²) in [5.41, 5.74) is 1.21. The maximum atomic E-state index is 5.42. The van der Waals surface area contributed by atoms with Crippen LogP contribution in [-0.2, 0) is 6.42 Å². The molecule has 1 aromatic heterocycles. The van der Waals surface area contributed by atoms with Crippen molar-refractivity contribution in [2.45, 2.75) is 83.1 Å². The lowest BCUT2D eigenvalue weighted by molar-refractivity contribution is 0.354. The molecule has 1 aromatic carbocycles. The molecule has 1 fully saturated rings. The van der Waals surface area contributed by atoms with Crippen LogP contribution in [0.25, 0.3) is 0 Å². The van der Waals surface area contributed by atoms with E-state index in [4.69, 9.17) is 14.5 Å². The Balaban J connectivity index is 1.51. The van der Waals surface area contributed by atoms with Gasteiger partial charge in [0.25, 0.3) is 0 Å². The van der Waals surface area contributed by atoms with Crippen LogP contribution in [0.5, 0.6) is 11.5 Å². The first-order valence-electron chi connectivity index (χ1n) is 12.2. The lowest BCUT2D eigenvalue weighted by atomic mass is 9.98. The highest BCUT2D eigenvalue weighted by Gasteiger charge is 2.14. The van der Waals surface area contributed by atoms with Crippen molar-refractivity contribution in [3.05, 3.63) is 23.8 Å². The highest BCUT2D eigenvalue weighted by Crippen LogP contribution is 2.28. The van der Waals surface area contributed by atoms with Crippen molar-refractivity contribution in [2.75, 3.05) is 38.0 Å². The number of benzene rings is 1. The number of aromatic nitrogens is 2. The number of likely N-dealkylation sites (N-methyl/N-ethyl adjacent to an activating group) is 1. The average Bonchev–Trinajstić information content (AvgIpc) is 3.27. The molecule has 6 nitrogen and oxygen atoms in total. The fraction of sp³-hybridized carbons (Fsp3) is 0.680. The van der Waals surface area contributed by atoms with Gasteiger partial charge >= 0.3 is 0 Å². The van der Waals surface area contributed by atoms with Crippen LogP contribution in [0.4, 0.5) is 11.1 Å². The van der Waals surface area contributed by atoms with E-state index >= 15 is 0 Å². The Morgan fingerprint density at radius 2 is 1.56 bits per heavy atom. The van der Waals surface area contributed by atoms with E-state index in [0.717, 1.165) is 35.5 Å². The molecule has 178 valence electrons. The van der Waals surface area contributed by atoms with Crippen LogP contribution in [-0.4, -0.2) is 43.2 Å². The van der Waals surface area contributed by atoms with Crippen molar-refractivity contribution in [1.82, 2.24) is 9.36 Å². The second kappa shape index (κ2) is 13.5. The number of anilines is 2. The zero-order valence-corrected chi connectivity index (χ0v) is 20.9. The van der Waals surface area contributed by atoms with Crippen LogP contribution in [0.15, 0.2) is 18.2 Å². The third-order valence-electron chi connectivity index (χ3n) is 6.36. The standard InChI is InChI=1S/C25H40N4O2S/c1-29(18-17-20-15-16-22(30-2)23(19-20)31-3)25-27-24(28-32-25)26-21-13-11-9-7-5-4-6-8-10-12-14-21/h15-16,19,21H,4-14,17-18H2,1-3H3,(H,26,28). The van der Waals surface area contributed by atoms with Gasteiger partial charge in [0.1, 0.15) is 0 Å². The highest BCUT2D eigenvalue weighted by atomic mass is 32.1. The Bertz CT molecular complexity index is 786. The first kappa shape index (κ1) is 24.6. The molecule has 0 saturated heterocycles. The highest BCUT2D eigenvalue weighted by molar-refractivity contribution is 7.09. The van der Waals surface area contributed by atoms with Gasteiger partial charge in [-0.1, -0.05) is 63.9 Å². The van der Waals surface area contributed by atoms with Gasteiger partial charge in [-0.15, -0.1) is 0 Å². The van der Waals surface area contributed by atoms with Gasteiger partial charge in [0, 0.05) is 31.2 Å². The van der Waals surface area contributed by atoms with E-state index in [9.17, 15) is 0 Å². The topological polar surface area (TPSA) is 59.5 Å². The van der Waals surface area contributed by atoms with Crippen LogP contribution in [0.1, 0.15) is 76.2 Å². The summed E-state index contributed by atoms with van der Waals surface area (Å²) in [6, 6.07) is 6.59. The third kappa shape index (κ3) is 7.84. The number of nitrogens with zero attached hydrogens (tertiary/aromatic N) is 3. The number of hydrogen-bond donors (Lipinski definition) is 1. The molecule has 1 heterocycles. The largest absolute Gasteiger partial charge is 0.493 e. The molecule has 0 aliphatic heterocycles. The Labute approximate surface area is 197 Å². The molecule has 1 aliphatic rings. The van der Waals surface area contributed by atoms with Crippen molar-refractivity contribution < 1.29 is 9.47 Å². The van der Waals surface area contributed by atoms with Crippen molar-refractivity contribution in [1.29, 1.82) is 0 Å². The summed E-state index contributed by atoms with van der Waals surface area (Å²) >= 11 is 1.48. The van der Waals surface area contributed by atoms with Crippen LogP contribution < -0.4 is 19.7 Å². The van der Waals surface area contributed by atoms with Gasteiger partial charge in [-0.3, -0.25) is 0 Å². The summed E-state index contributed by atoms with van der Waals surface area (Å²) in [7, 11) is 5.42. The predicted octanol–water partition coefficient (Wildman–Crippen LogP) is 6.32. The molecule has 3 rings (SSSR count). The smallest absolute Gasteiger partial charge is 0.236 e. The van der Waals surface area contributed by atoms with Gasteiger partial charge < -0.3 is 19.7 Å². The van der Waals surface area contributed by atoms with Gasteiger partial charge in [0.2, 0.25) is 11.1 Å². The first-order valence-corrected chi connectivity index (χ1v) is 13.0. The molecule has 0 atom stereocenters. The van der Waals surface area contributed by atoms with E-state index in [0.29, 0.717) is 6.04 Å². The van der Waals surface area contributed by atoms with Crippen LogP contribution in [0, 0.1) is 0 Å². The summed E-state index contributed by atoms with van der Waals surface area (Å²) < 4.78 is 15.4. The summed E-state index contributed by atoms with van der Waals surface area (Å²) in [4.78, 5) is 6.97. The van der Waals surface area contributed by atoms with Gasteiger partial charge in [0.15, 0.2) is 11.5 Å². The van der Waals surface area contributed by atoms with Crippen molar-refractivity contribution in [2.24, 2.45) is 0 Å². The van der Waals surface area contributed by atoms with Gasteiger partial charge in [-0.25, -0.2) is 0 Å². The molecule has 0 radical (unpaired) electrons. The fourth-order valence-electron chi connectivity index (χ4n) is 4.35. The summed E-state index contributed by atoms with van der Waals surface area (Å²) in [6.45, 7) is 0.869. The van der Waals surface area contributed by atoms with Gasteiger partial charge in [-0.2, -0.15) is 9.36 Å². The molecule has 0 unspecified atom stereocenters. The molecule has 1 aliphatic carbocycles. The van der Waals surface area contributed by atoms with Crippen molar-refractivity contribution in [3.8, 4) is 11.5 Å². The third-order valence-corrected chi connectivity index (χ3v) is 7.19. The summed E-state index contributed by atoms with van der Waals surface area (Å²) in [5.74, 6) is 2.32. The van der Waals surface area contributed by atoms with E-state index < -0.39 is 0 Å². The van der Waals surface area contributed by atoms with Crippen molar-refractivity contribution in [3.63, 3.8) is 0 Å². The Kier molecular flexibility index (Phi) is 10.4. The van der Waals surface area contributed by atoms with E-state index in [1.54, 1.807) is 14.2 Å². The SMILES string of the molecule is COc1ccc(CCN(C)c2nc(NC3CCCCCCCCCCC3)ns2)cc1OC. The maximum absolute atomic E-state index is 5.42. The number of nitrogens with one attached hydrogen (secondary N) is 1. The zero-order chi connectivity index (χ0) is 22.6. The first-order chi connectivity index (χ1) is 15.7. The molecule has 2 aromatic rings. The van der Waals surface area contributed by atoms with Gasteiger partial charge in [-0.05, 0) is 37.0 Å². The minimum Gasteiger partial charge on any atom is -0.493 e. The number of methoxy groups -OCH3 is 2. The minimum atomic E-state index is 0.494. The lowest BCUT2D eigenvalue weighted by Crippen LogP contribution is -2.22. The predicted molar refractivity (Wildman–Crippen MR) is 135 cm³/mol. The molecule has 0 amide bonds. The number of hydrogen-bond acceptors (Lipinski definition) is 7. The van der Waals surface area contributed by atoms with Crippen molar-refractivity contribution >= 4 is 22.6 Å². The molecule has 1 saturated carbocycles. The van der Waals surface area contributed by atoms with Gasteiger partial charge in [0.05, 0.1) is 14.2 Å². The van der Waals surface area contributed by atoms with E-state index in [2.05, 4.69) is 27.7 Å². The Morgan fingerprint density at radius 3 is 2.19 bits per heavy atom. The molecule has 0 bridgehead atoms. The van der Waals surface area contributed by atoms with Crippen LogP contribution >= 0.6 is 11.5 Å². The lowest BCUT2D eigenvalue weighted by Gasteiger charge is -2.19. The van der Waals surface area contributed by atoms with E-state index in [-0.39, 0.29) is 0 Å². The summed E-state index contributed by atoms with van der Waals surface area (Å²) in [5, 5.41) is 4.60. The summed E-state index contributed by atoms with van der Waals surface area (Å²) in [6.07, 6.45) is 15.7.